The summed E-state index contributed by atoms with van der Waals surface area (Å²) in [7, 11) is -3.22. The topological polar surface area (TPSA) is 89.2 Å². The van der Waals surface area contributed by atoms with Gasteiger partial charge in [-0.15, -0.1) is 15.3 Å². The molecular formula is C19H16ClN5O2S. The van der Waals surface area contributed by atoms with E-state index in [-0.39, 0.29) is 4.90 Å². The highest BCUT2D eigenvalue weighted by Crippen LogP contribution is 2.20. The summed E-state index contributed by atoms with van der Waals surface area (Å²) in [6, 6.07) is 17.7. The van der Waals surface area contributed by atoms with E-state index < -0.39 is 9.84 Å². The molecule has 0 atom stereocenters. The van der Waals surface area contributed by atoms with E-state index in [1.807, 2.05) is 30.3 Å². The molecule has 2 aromatic heterocycles. The van der Waals surface area contributed by atoms with Crippen LogP contribution in [0, 0.1) is 0 Å². The van der Waals surface area contributed by atoms with Crippen molar-refractivity contribution in [2.45, 2.75) is 11.3 Å². The second kappa shape index (κ2) is 7.21. The highest BCUT2D eigenvalue weighted by atomic mass is 35.5. The first-order chi connectivity index (χ1) is 13.4. The molecule has 4 rings (SSSR count). The Morgan fingerprint density at radius 3 is 2.54 bits per heavy atom. The summed E-state index contributed by atoms with van der Waals surface area (Å²) in [4.78, 5) is 0.286. The molecule has 0 spiro atoms. The standard InChI is InChI=1S/C19H16ClN5O2S/c1-28(26,27)16-7-5-13(6-8-16)11-19-23-22-18-10-9-17(24-25(18)19)21-15-4-2-3-14(20)12-15/h2-10,12H,11H2,1H3,(H,21,24). The van der Waals surface area contributed by atoms with E-state index in [0.29, 0.717) is 28.7 Å². The zero-order chi connectivity index (χ0) is 19.7. The molecule has 1 N–H and O–H groups in total. The Bertz CT molecular complexity index is 1250. The van der Waals surface area contributed by atoms with Crippen LogP contribution < -0.4 is 5.32 Å². The fourth-order valence-electron chi connectivity index (χ4n) is 2.76. The molecule has 9 heteroatoms. The van der Waals surface area contributed by atoms with Crippen molar-refractivity contribution in [3.63, 3.8) is 0 Å². The van der Waals surface area contributed by atoms with Crippen LogP contribution >= 0.6 is 11.6 Å². The SMILES string of the molecule is CS(=O)(=O)c1ccc(Cc2nnc3ccc(Nc4cccc(Cl)c4)nn23)cc1. The van der Waals surface area contributed by atoms with E-state index >= 15 is 0 Å². The molecule has 0 aliphatic carbocycles. The van der Waals surface area contributed by atoms with Crippen molar-refractivity contribution in [2.75, 3.05) is 11.6 Å². The molecule has 28 heavy (non-hydrogen) atoms. The molecule has 2 heterocycles. The molecule has 0 fully saturated rings. The van der Waals surface area contributed by atoms with E-state index in [9.17, 15) is 8.42 Å². The van der Waals surface area contributed by atoms with Gasteiger partial charge in [-0.25, -0.2) is 8.42 Å². The summed E-state index contributed by atoms with van der Waals surface area (Å²) in [6.45, 7) is 0. The Hall–Kier alpha value is -2.97. The average molecular weight is 414 g/mol. The van der Waals surface area contributed by atoms with Gasteiger partial charge in [0.25, 0.3) is 0 Å². The number of sulfone groups is 1. The van der Waals surface area contributed by atoms with Crippen LogP contribution in [0.4, 0.5) is 11.5 Å². The van der Waals surface area contributed by atoms with Crippen LogP contribution in [0.2, 0.25) is 5.02 Å². The number of halogens is 1. The minimum absolute atomic E-state index is 0.286. The first-order valence-electron chi connectivity index (χ1n) is 8.41. The third-order valence-corrected chi connectivity index (χ3v) is 5.50. The molecular weight excluding hydrogens is 398 g/mol. The van der Waals surface area contributed by atoms with Crippen molar-refractivity contribution in [1.82, 2.24) is 19.8 Å². The number of aromatic nitrogens is 4. The van der Waals surface area contributed by atoms with Gasteiger partial charge in [-0.3, -0.25) is 0 Å². The number of hydrogen-bond donors (Lipinski definition) is 1. The van der Waals surface area contributed by atoms with Crippen molar-refractivity contribution < 1.29 is 8.42 Å². The number of nitrogens with one attached hydrogen (secondary N) is 1. The van der Waals surface area contributed by atoms with Crippen molar-refractivity contribution in [2.24, 2.45) is 0 Å². The van der Waals surface area contributed by atoms with Gasteiger partial charge in [0.15, 0.2) is 27.1 Å². The highest BCUT2D eigenvalue weighted by Gasteiger charge is 2.11. The lowest BCUT2D eigenvalue weighted by Crippen LogP contribution is -2.03. The van der Waals surface area contributed by atoms with Crippen LogP contribution in [-0.4, -0.2) is 34.5 Å². The molecule has 0 radical (unpaired) electrons. The first kappa shape index (κ1) is 18.4. The number of hydrogen-bond acceptors (Lipinski definition) is 6. The quantitative estimate of drug-likeness (QED) is 0.538. The lowest BCUT2D eigenvalue weighted by atomic mass is 10.1. The Morgan fingerprint density at radius 2 is 1.82 bits per heavy atom. The van der Waals surface area contributed by atoms with Crippen LogP contribution in [0.5, 0.6) is 0 Å². The van der Waals surface area contributed by atoms with Gasteiger partial charge in [0.1, 0.15) is 0 Å². The second-order valence-electron chi connectivity index (χ2n) is 6.33. The maximum Gasteiger partial charge on any atom is 0.178 e. The third-order valence-electron chi connectivity index (χ3n) is 4.14. The van der Waals surface area contributed by atoms with Crippen LogP contribution in [-0.2, 0) is 16.3 Å². The predicted molar refractivity (Wildman–Crippen MR) is 108 cm³/mol. The summed E-state index contributed by atoms with van der Waals surface area (Å²) in [5, 5.41) is 16.7. The molecule has 142 valence electrons. The van der Waals surface area contributed by atoms with E-state index in [0.717, 1.165) is 11.3 Å². The molecule has 0 bridgehead atoms. The molecule has 0 saturated heterocycles. The van der Waals surface area contributed by atoms with Crippen LogP contribution in [0.15, 0.2) is 65.6 Å². The second-order valence-corrected chi connectivity index (χ2v) is 8.79. The Morgan fingerprint density at radius 1 is 1.04 bits per heavy atom. The molecule has 0 aliphatic rings. The number of rotatable bonds is 5. The Balaban J connectivity index is 1.61. The fraction of sp³-hybridized carbons (Fsp3) is 0.105. The van der Waals surface area contributed by atoms with Gasteiger partial charge in [-0.2, -0.15) is 4.52 Å². The number of nitrogens with zero attached hydrogens (tertiary/aromatic N) is 4. The van der Waals surface area contributed by atoms with E-state index in [1.165, 1.54) is 6.26 Å². The van der Waals surface area contributed by atoms with Crippen LogP contribution in [0.1, 0.15) is 11.4 Å². The summed E-state index contributed by atoms with van der Waals surface area (Å²) in [5.41, 5.74) is 2.36. The van der Waals surface area contributed by atoms with Gasteiger partial charge < -0.3 is 5.32 Å². The van der Waals surface area contributed by atoms with Gasteiger partial charge in [-0.1, -0.05) is 29.8 Å². The first-order valence-corrected chi connectivity index (χ1v) is 10.7. The summed E-state index contributed by atoms with van der Waals surface area (Å²) >= 11 is 6.02. The van der Waals surface area contributed by atoms with Gasteiger partial charge in [0.2, 0.25) is 0 Å². The van der Waals surface area contributed by atoms with E-state index in [4.69, 9.17) is 11.6 Å². The number of benzene rings is 2. The maximum absolute atomic E-state index is 11.6. The van der Waals surface area contributed by atoms with E-state index in [2.05, 4.69) is 20.6 Å². The van der Waals surface area contributed by atoms with E-state index in [1.54, 1.807) is 34.8 Å². The Labute approximate surface area is 166 Å². The van der Waals surface area contributed by atoms with Gasteiger partial charge in [-0.05, 0) is 48.0 Å². The lowest BCUT2D eigenvalue weighted by Gasteiger charge is -2.07. The van der Waals surface area contributed by atoms with Crippen molar-refractivity contribution in [3.05, 3.63) is 77.1 Å². The fourth-order valence-corrected chi connectivity index (χ4v) is 3.58. The minimum Gasteiger partial charge on any atom is -0.339 e. The molecule has 4 aromatic rings. The molecule has 7 nitrogen and oxygen atoms in total. The Kier molecular flexibility index (Phi) is 4.74. The van der Waals surface area contributed by atoms with Crippen molar-refractivity contribution in [3.8, 4) is 0 Å². The highest BCUT2D eigenvalue weighted by molar-refractivity contribution is 7.90. The molecule has 0 aliphatic heterocycles. The molecule has 0 unspecified atom stereocenters. The van der Waals surface area contributed by atoms with Crippen molar-refractivity contribution in [1.29, 1.82) is 0 Å². The number of anilines is 2. The third kappa shape index (κ3) is 3.97. The molecule has 2 aromatic carbocycles. The minimum atomic E-state index is -3.22. The van der Waals surface area contributed by atoms with Gasteiger partial charge in [0, 0.05) is 23.4 Å². The van der Waals surface area contributed by atoms with Gasteiger partial charge >= 0.3 is 0 Å². The molecule has 0 saturated carbocycles. The van der Waals surface area contributed by atoms with Crippen molar-refractivity contribution >= 4 is 38.6 Å². The zero-order valence-corrected chi connectivity index (χ0v) is 16.4. The summed E-state index contributed by atoms with van der Waals surface area (Å²) in [6.07, 6.45) is 1.66. The smallest absolute Gasteiger partial charge is 0.178 e. The molecule has 0 amide bonds. The summed E-state index contributed by atoms with van der Waals surface area (Å²) in [5.74, 6) is 1.28. The number of fused-ring (bicyclic) bond motifs is 1. The zero-order valence-electron chi connectivity index (χ0n) is 14.9. The van der Waals surface area contributed by atoms with Crippen LogP contribution in [0.3, 0.4) is 0 Å². The van der Waals surface area contributed by atoms with Gasteiger partial charge in [0.05, 0.1) is 4.90 Å². The normalized spacial score (nSPS) is 11.6. The monoisotopic (exact) mass is 413 g/mol. The average Bonchev–Trinajstić information content (AvgIpc) is 3.04. The maximum atomic E-state index is 11.6. The summed E-state index contributed by atoms with van der Waals surface area (Å²) < 4.78 is 24.8. The van der Waals surface area contributed by atoms with Crippen LogP contribution in [0.25, 0.3) is 5.65 Å². The lowest BCUT2D eigenvalue weighted by molar-refractivity contribution is 0.602. The largest absolute Gasteiger partial charge is 0.339 e. The predicted octanol–water partition coefficient (Wildman–Crippen LogP) is 3.52.